The summed E-state index contributed by atoms with van der Waals surface area (Å²) in [6.45, 7) is 0.440. The fourth-order valence-electron chi connectivity index (χ4n) is 2.12. The van der Waals surface area contributed by atoms with Crippen molar-refractivity contribution in [3.8, 4) is 0 Å². The van der Waals surface area contributed by atoms with E-state index >= 15 is 0 Å². The molecule has 1 heterocycles. The normalized spacial score (nSPS) is 10.2. The molecule has 120 valence electrons. The predicted octanol–water partition coefficient (Wildman–Crippen LogP) is 3.80. The summed E-state index contributed by atoms with van der Waals surface area (Å²) in [6, 6.07) is 16.3. The maximum absolute atomic E-state index is 12.3. The quantitative estimate of drug-likeness (QED) is 0.742. The average molecular weight is 339 g/mol. The molecule has 0 atom stereocenters. The van der Waals surface area contributed by atoms with Gasteiger partial charge in [0.15, 0.2) is 0 Å². The third-order valence-electron chi connectivity index (χ3n) is 3.31. The lowest BCUT2D eigenvalue weighted by atomic mass is 10.1. The van der Waals surface area contributed by atoms with E-state index < -0.39 is 0 Å². The number of amides is 1. The fourth-order valence-corrected chi connectivity index (χ4v) is 2.24. The highest BCUT2D eigenvalue weighted by molar-refractivity contribution is 6.30. The lowest BCUT2D eigenvalue weighted by Crippen LogP contribution is -2.22. The van der Waals surface area contributed by atoms with Gasteiger partial charge in [0.05, 0.1) is 0 Å². The summed E-state index contributed by atoms with van der Waals surface area (Å²) in [5, 5.41) is 6.62. The number of carbonyl (C=O) groups is 1. The number of benzene rings is 2. The summed E-state index contributed by atoms with van der Waals surface area (Å²) in [4.78, 5) is 20.5. The Morgan fingerprint density at radius 1 is 1.00 bits per heavy atom. The Labute approximate surface area is 144 Å². The van der Waals surface area contributed by atoms with Gasteiger partial charge < -0.3 is 10.6 Å². The Bertz CT molecular complexity index is 822. The van der Waals surface area contributed by atoms with Gasteiger partial charge in [0.25, 0.3) is 5.91 Å². The van der Waals surface area contributed by atoms with Crippen LogP contribution in [-0.4, -0.2) is 15.9 Å². The van der Waals surface area contributed by atoms with E-state index in [1.165, 1.54) is 0 Å². The summed E-state index contributed by atoms with van der Waals surface area (Å²) >= 11 is 5.85. The highest BCUT2D eigenvalue weighted by Gasteiger charge is 2.07. The minimum absolute atomic E-state index is 0.150. The molecule has 1 aromatic heterocycles. The van der Waals surface area contributed by atoms with Crippen molar-refractivity contribution in [2.24, 2.45) is 0 Å². The van der Waals surface area contributed by atoms with Gasteiger partial charge in [-0.1, -0.05) is 29.8 Å². The van der Waals surface area contributed by atoms with Crippen LogP contribution in [0, 0.1) is 0 Å². The molecule has 6 heteroatoms. The molecule has 2 aromatic carbocycles. The van der Waals surface area contributed by atoms with Crippen molar-refractivity contribution in [1.29, 1.82) is 0 Å². The summed E-state index contributed by atoms with van der Waals surface area (Å²) in [5.74, 6) is 0.332. The second kappa shape index (κ2) is 7.57. The molecule has 0 aliphatic heterocycles. The molecule has 0 spiro atoms. The molecule has 3 aromatic rings. The van der Waals surface area contributed by atoms with Gasteiger partial charge in [-0.3, -0.25) is 4.79 Å². The number of nitrogens with one attached hydrogen (secondary N) is 2. The average Bonchev–Trinajstić information content (AvgIpc) is 2.62. The molecule has 0 unspecified atom stereocenters. The number of anilines is 2. The molecule has 0 saturated heterocycles. The first-order chi connectivity index (χ1) is 11.7. The zero-order chi connectivity index (χ0) is 16.8. The molecular formula is C18H15ClN4O. The molecular weight excluding hydrogens is 324 g/mol. The van der Waals surface area contributed by atoms with E-state index in [1.54, 1.807) is 42.7 Å². The standard InChI is InChI=1S/C18H15ClN4O/c19-15-7-5-13(6-8-15)12-22-17(24)14-3-1-4-16(11-14)23-18-20-9-2-10-21-18/h1-11H,12H2,(H,22,24)(H,20,21,23). The molecule has 0 aliphatic carbocycles. The first-order valence-corrected chi connectivity index (χ1v) is 7.75. The molecule has 0 bridgehead atoms. The summed E-state index contributed by atoms with van der Waals surface area (Å²) in [7, 11) is 0. The van der Waals surface area contributed by atoms with E-state index in [0.29, 0.717) is 23.1 Å². The predicted molar refractivity (Wildman–Crippen MR) is 94.4 cm³/mol. The minimum Gasteiger partial charge on any atom is -0.348 e. The maximum atomic E-state index is 12.3. The summed E-state index contributed by atoms with van der Waals surface area (Å²) in [6.07, 6.45) is 3.30. The molecule has 0 radical (unpaired) electrons. The van der Waals surface area contributed by atoms with Gasteiger partial charge >= 0.3 is 0 Å². The third-order valence-corrected chi connectivity index (χ3v) is 3.56. The first-order valence-electron chi connectivity index (χ1n) is 7.37. The Hall–Kier alpha value is -2.92. The number of halogens is 1. The largest absolute Gasteiger partial charge is 0.348 e. The van der Waals surface area contributed by atoms with Gasteiger partial charge in [0.2, 0.25) is 5.95 Å². The van der Waals surface area contributed by atoms with Crippen LogP contribution >= 0.6 is 11.6 Å². The summed E-state index contributed by atoms with van der Waals surface area (Å²) < 4.78 is 0. The number of hydrogen-bond donors (Lipinski definition) is 2. The van der Waals surface area contributed by atoms with Crippen molar-refractivity contribution in [3.05, 3.63) is 83.1 Å². The third kappa shape index (κ3) is 4.30. The number of carbonyl (C=O) groups excluding carboxylic acids is 1. The van der Waals surface area contributed by atoms with Gasteiger partial charge in [-0.2, -0.15) is 0 Å². The Morgan fingerprint density at radius 3 is 2.50 bits per heavy atom. The zero-order valence-electron chi connectivity index (χ0n) is 12.7. The highest BCUT2D eigenvalue weighted by Crippen LogP contribution is 2.15. The molecule has 2 N–H and O–H groups in total. The Kier molecular flexibility index (Phi) is 5.03. The van der Waals surface area contributed by atoms with Crippen LogP contribution in [-0.2, 0) is 6.54 Å². The van der Waals surface area contributed by atoms with Crippen LogP contribution in [0.2, 0.25) is 5.02 Å². The van der Waals surface area contributed by atoms with E-state index in [9.17, 15) is 4.79 Å². The number of hydrogen-bond acceptors (Lipinski definition) is 4. The number of rotatable bonds is 5. The molecule has 3 rings (SSSR count). The lowest BCUT2D eigenvalue weighted by Gasteiger charge is -2.08. The first kappa shape index (κ1) is 16.0. The Balaban J connectivity index is 1.64. The van der Waals surface area contributed by atoms with Crippen LogP contribution in [0.1, 0.15) is 15.9 Å². The second-order valence-electron chi connectivity index (χ2n) is 5.09. The topological polar surface area (TPSA) is 66.9 Å². The van der Waals surface area contributed by atoms with Crippen molar-refractivity contribution in [1.82, 2.24) is 15.3 Å². The zero-order valence-corrected chi connectivity index (χ0v) is 13.5. The van der Waals surface area contributed by atoms with Crippen LogP contribution < -0.4 is 10.6 Å². The van der Waals surface area contributed by atoms with E-state index in [1.807, 2.05) is 24.3 Å². The summed E-state index contributed by atoms with van der Waals surface area (Å²) in [5.41, 5.74) is 2.30. The van der Waals surface area contributed by atoms with Crippen molar-refractivity contribution in [2.45, 2.75) is 6.54 Å². The van der Waals surface area contributed by atoms with Crippen LogP contribution in [0.25, 0.3) is 0 Å². The van der Waals surface area contributed by atoms with Crippen molar-refractivity contribution >= 4 is 29.1 Å². The van der Waals surface area contributed by atoms with E-state index in [4.69, 9.17) is 11.6 Å². The smallest absolute Gasteiger partial charge is 0.251 e. The Morgan fingerprint density at radius 2 is 1.75 bits per heavy atom. The van der Waals surface area contributed by atoms with Crippen LogP contribution in [0.15, 0.2) is 67.0 Å². The van der Waals surface area contributed by atoms with E-state index in [2.05, 4.69) is 20.6 Å². The fraction of sp³-hybridized carbons (Fsp3) is 0.0556. The second-order valence-corrected chi connectivity index (χ2v) is 5.52. The van der Waals surface area contributed by atoms with Gasteiger partial charge in [-0.25, -0.2) is 9.97 Å². The van der Waals surface area contributed by atoms with E-state index in [-0.39, 0.29) is 5.91 Å². The van der Waals surface area contributed by atoms with Gasteiger partial charge in [0, 0.05) is 35.2 Å². The molecule has 24 heavy (non-hydrogen) atoms. The SMILES string of the molecule is O=C(NCc1ccc(Cl)cc1)c1cccc(Nc2ncccn2)c1. The molecule has 0 fully saturated rings. The van der Waals surface area contributed by atoms with E-state index in [0.717, 1.165) is 11.3 Å². The molecule has 0 saturated carbocycles. The molecule has 0 aliphatic rings. The molecule has 1 amide bonds. The lowest BCUT2D eigenvalue weighted by molar-refractivity contribution is 0.0951. The van der Waals surface area contributed by atoms with Crippen molar-refractivity contribution in [3.63, 3.8) is 0 Å². The molecule has 5 nitrogen and oxygen atoms in total. The van der Waals surface area contributed by atoms with Gasteiger partial charge in [-0.05, 0) is 42.0 Å². The van der Waals surface area contributed by atoms with Gasteiger partial charge in [0.1, 0.15) is 0 Å². The maximum Gasteiger partial charge on any atom is 0.251 e. The van der Waals surface area contributed by atoms with Crippen molar-refractivity contribution in [2.75, 3.05) is 5.32 Å². The van der Waals surface area contributed by atoms with Crippen LogP contribution in [0.5, 0.6) is 0 Å². The number of nitrogens with zero attached hydrogens (tertiary/aromatic N) is 2. The van der Waals surface area contributed by atoms with Gasteiger partial charge in [-0.15, -0.1) is 0 Å². The van der Waals surface area contributed by atoms with Crippen LogP contribution in [0.4, 0.5) is 11.6 Å². The highest BCUT2D eigenvalue weighted by atomic mass is 35.5. The minimum atomic E-state index is -0.150. The van der Waals surface area contributed by atoms with Crippen LogP contribution in [0.3, 0.4) is 0 Å². The van der Waals surface area contributed by atoms with Crippen molar-refractivity contribution < 1.29 is 4.79 Å². The number of aromatic nitrogens is 2. The monoisotopic (exact) mass is 338 g/mol.